The predicted octanol–water partition coefficient (Wildman–Crippen LogP) is 4.48. The van der Waals surface area contributed by atoms with Gasteiger partial charge in [0.25, 0.3) is 0 Å². The van der Waals surface area contributed by atoms with E-state index in [-0.39, 0.29) is 18.4 Å². The Hall–Kier alpha value is -0.150. The third-order valence-corrected chi connectivity index (χ3v) is 4.00. The molecule has 2 nitrogen and oxygen atoms in total. The van der Waals surface area contributed by atoms with Gasteiger partial charge in [-0.1, -0.05) is 30.1 Å². The van der Waals surface area contributed by atoms with Gasteiger partial charge in [0.1, 0.15) is 5.75 Å². The molecule has 1 unspecified atom stereocenters. The molecular weight excluding hydrogens is 305 g/mol. The van der Waals surface area contributed by atoms with Gasteiger partial charge in [0, 0.05) is 12.1 Å². The van der Waals surface area contributed by atoms with Crippen LogP contribution in [0.4, 0.5) is 0 Å². The molecule has 1 aromatic rings. The molecule has 1 aromatic carbocycles. The van der Waals surface area contributed by atoms with E-state index in [0.29, 0.717) is 16.0 Å². The second-order valence-electron chi connectivity index (χ2n) is 5.00. The molecule has 0 saturated heterocycles. The minimum absolute atomic E-state index is 0. The summed E-state index contributed by atoms with van der Waals surface area (Å²) in [4.78, 5) is 0. The summed E-state index contributed by atoms with van der Waals surface area (Å²) in [5, 5.41) is 1.10. The lowest BCUT2D eigenvalue weighted by molar-refractivity contribution is 0.296. The van der Waals surface area contributed by atoms with Crippen LogP contribution < -0.4 is 10.5 Å². The molecule has 2 rings (SSSR count). The highest BCUT2D eigenvalue weighted by atomic mass is 35.5. The predicted molar refractivity (Wildman–Crippen MR) is 83.9 cm³/mol. The van der Waals surface area contributed by atoms with Crippen molar-refractivity contribution >= 4 is 35.6 Å². The van der Waals surface area contributed by atoms with E-state index in [1.807, 2.05) is 12.1 Å². The number of ether oxygens (including phenoxy) is 1. The van der Waals surface area contributed by atoms with Crippen molar-refractivity contribution in [3.8, 4) is 5.75 Å². The van der Waals surface area contributed by atoms with Crippen molar-refractivity contribution in [3.05, 3.63) is 27.7 Å². The van der Waals surface area contributed by atoms with Gasteiger partial charge in [-0.05, 0) is 43.2 Å². The Balaban J connectivity index is 0.00000180. The third-order valence-electron chi connectivity index (χ3n) is 3.28. The maximum Gasteiger partial charge on any atom is 0.124 e. The van der Waals surface area contributed by atoms with E-state index in [4.69, 9.17) is 33.7 Å². The first-order valence-electron chi connectivity index (χ1n) is 6.46. The molecule has 0 bridgehead atoms. The highest BCUT2D eigenvalue weighted by molar-refractivity contribution is 6.42. The van der Waals surface area contributed by atoms with Gasteiger partial charge in [-0.15, -0.1) is 12.4 Å². The lowest BCUT2D eigenvalue weighted by atomic mass is 10.0. The molecule has 1 aliphatic carbocycles. The lowest BCUT2D eigenvalue weighted by Crippen LogP contribution is -2.21. The van der Waals surface area contributed by atoms with Crippen LogP contribution in [0.2, 0.25) is 10.0 Å². The Bertz CT molecular complexity index is 421. The summed E-state index contributed by atoms with van der Waals surface area (Å²) < 4.78 is 5.84. The summed E-state index contributed by atoms with van der Waals surface area (Å²) in [6.45, 7) is 2.85. The maximum atomic E-state index is 6.06. The molecule has 1 atom stereocenters. The second-order valence-corrected chi connectivity index (χ2v) is 5.82. The molecule has 0 radical (unpaired) electrons. The molecule has 1 aliphatic rings. The quantitative estimate of drug-likeness (QED) is 0.837. The van der Waals surface area contributed by atoms with E-state index in [1.165, 1.54) is 12.8 Å². The molecule has 5 heteroatoms. The molecule has 0 aromatic heterocycles. The van der Waals surface area contributed by atoms with Crippen LogP contribution in [-0.2, 0) is 6.42 Å². The summed E-state index contributed by atoms with van der Waals surface area (Å²) in [5.41, 5.74) is 7.05. The van der Waals surface area contributed by atoms with Crippen LogP contribution in [0, 0.1) is 5.92 Å². The molecule has 19 heavy (non-hydrogen) atoms. The highest BCUT2D eigenvalue weighted by Crippen LogP contribution is 2.34. The average molecular weight is 325 g/mol. The fourth-order valence-corrected chi connectivity index (χ4v) is 2.12. The van der Waals surface area contributed by atoms with Crippen molar-refractivity contribution in [1.82, 2.24) is 0 Å². The SMILES string of the molecule is CCC(N)Cc1cc(Cl)c(Cl)cc1OCC1CC1.Cl. The number of nitrogens with two attached hydrogens (primary N) is 1. The van der Waals surface area contributed by atoms with Crippen molar-refractivity contribution in [2.24, 2.45) is 11.7 Å². The fraction of sp³-hybridized carbons (Fsp3) is 0.571. The van der Waals surface area contributed by atoms with Crippen LogP contribution >= 0.6 is 35.6 Å². The number of halogens is 3. The van der Waals surface area contributed by atoms with Gasteiger partial charge in [0.2, 0.25) is 0 Å². The number of rotatable bonds is 6. The van der Waals surface area contributed by atoms with Crippen LogP contribution in [-0.4, -0.2) is 12.6 Å². The zero-order valence-corrected chi connectivity index (χ0v) is 13.3. The van der Waals surface area contributed by atoms with E-state index < -0.39 is 0 Å². The first kappa shape index (κ1) is 16.9. The summed E-state index contributed by atoms with van der Waals surface area (Å²) in [7, 11) is 0. The van der Waals surface area contributed by atoms with Crippen molar-refractivity contribution in [2.75, 3.05) is 6.61 Å². The largest absolute Gasteiger partial charge is 0.493 e. The van der Waals surface area contributed by atoms with Crippen LogP contribution in [0.15, 0.2) is 12.1 Å². The Labute approximate surface area is 131 Å². The summed E-state index contributed by atoms with van der Waals surface area (Å²) in [5.74, 6) is 1.55. The van der Waals surface area contributed by atoms with Crippen LogP contribution in [0.1, 0.15) is 31.7 Å². The fourth-order valence-electron chi connectivity index (χ4n) is 1.78. The van der Waals surface area contributed by atoms with E-state index in [2.05, 4.69) is 6.92 Å². The van der Waals surface area contributed by atoms with Gasteiger partial charge < -0.3 is 10.5 Å². The number of hydrogen-bond donors (Lipinski definition) is 1. The van der Waals surface area contributed by atoms with E-state index in [9.17, 15) is 0 Å². The Morgan fingerprint density at radius 1 is 1.32 bits per heavy atom. The zero-order valence-electron chi connectivity index (χ0n) is 11.0. The Kier molecular flexibility index (Phi) is 6.75. The summed E-state index contributed by atoms with van der Waals surface area (Å²) in [6.07, 6.45) is 4.24. The topological polar surface area (TPSA) is 35.2 Å². The minimum atomic E-state index is 0. The molecule has 2 N–H and O–H groups in total. The number of hydrogen-bond acceptors (Lipinski definition) is 2. The maximum absolute atomic E-state index is 6.06. The average Bonchev–Trinajstić information content (AvgIpc) is 3.15. The van der Waals surface area contributed by atoms with Gasteiger partial charge >= 0.3 is 0 Å². The first-order valence-corrected chi connectivity index (χ1v) is 7.22. The zero-order chi connectivity index (χ0) is 13.1. The lowest BCUT2D eigenvalue weighted by Gasteiger charge is -2.15. The molecule has 0 aliphatic heterocycles. The van der Waals surface area contributed by atoms with E-state index in [0.717, 1.165) is 30.8 Å². The van der Waals surface area contributed by atoms with Crippen molar-refractivity contribution < 1.29 is 4.74 Å². The molecule has 0 spiro atoms. The molecule has 108 valence electrons. The Morgan fingerprint density at radius 2 is 1.95 bits per heavy atom. The van der Waals surface area contributed by atoms with E-state index >= 15 is 0 Å². The number of benzene rings is 1. The van der Waals surface area contributed by atoms with Crippen LogP contribution in [0.5, 0.6) is 5.75 Å². The summed E-state index contributed by atoms with van der Waals surface area (Å²) >= 11 is 12.1. The summed E-state index contributed by atoms with van der Waals surface area (Å²) in [6, 6.07) is 3.82. The third kappa shape index (κ3) is 5.03. The molecular formula is C14H20Cl3NO. The van der Waals surface area contributed by atoms with Gasteiger partial charge in [0.15, 0.2) is 0 Å². The van der Waals surface area contributed by atoms with Crippen LogP contribution in [0.3, 0.4) is 0 Å². The highest BCUT2D eigenvalue weighted by Gasteiger charge is 2.22. The van der Waals surface area contributed by atoms with Gasteiger partial charge in [0.05, 0.1) is 16.7 Å². The smallest absolute Gasteiger partial charge is 0.124 e. The minimum Gasteiger partial charge on any atom is -0.493 e. The van der Waals surface area contributed by atoms with Crippen molar-refractivity contribution in [2.45, 2.75) is 38.6 Å². The van der Waals surface area contributed by atoms with E-state index in [1.54, 1.807) is 0 Å². The van der Waals surface area contributed by atoms with Gasteiger partial charge in [-0.3, -0.25) is 0 Å². The standard InChI is InChI=1S/C14H19Cl2NO.ClH/c1-2-11(17)5-10-6-12(15)13(16)7-14(10)18-8-9-3-4-9;/h6-7,9,11H,2-5,8,17H2,1H3;1H. The Morgan fingerprint density at radius 3 is 2.53 bits per heavy atom. The molecule has 0 heterocycles. The van der Waals surface area contributed by atoms with Gasteiger partial charge in [-0.25, -0.2) is 0 Å². The van der Waals surface area contributed by atoms with Crippen molar-refractivity contribution in [3.63, 3.8) is 0 Å². The molecule has 1 fully saturated rings. The second kappa shape index (κ2) is 7.58. The van der Waals surface area contributed by atoms with Gasteiger partial charge in [-0.2, -0.15) is 0 Å². The molecule has 0 amide bonds. The molecule has 1 saturated carbocycles. The first-order chi connectivity index (χ1) is 8.60. The van der Waals surface area contributed by atoms with Crippen LogP contribution in [0.25, 0.3) is 0 Å². The normalized spacial score (nSPS) is 15.8. The monoisotopic (exact) mass is 323 g/mol. The van der Waals surface area contributed by atoms with Crippen molar-refractivity contribution in [1.29, 1.82) is 0 Å².